The number of aryl methyl sites for hydroxylation is 1. The van der Waals surface area contributed by atoms with Gasteiger partial charge in [-0.05, 0) is 59.3 Å². The molecule has 0 aromatic heterocycles. The highest BCUT2D eigenvalue weighted by Gasteiger charge is 2.30. The molecule has 1 aromatic rings. The second-order valence-corrected chi connectivity index (χ2v) is 7.74. The number of nitrogens with two attached hydrogens (primary N) is 1. The Hall–Kier alpha value is -0.590. The molecule has 100 valence electrons. The van der Waals surface area contributed by atoms with Crippen molar-refractivity contribution in [3.8, 4) is 0 Å². The molecule has 0 radical (unpaired) electrons. The quantitative estimate of drug-likeness (QED) is 0.861. The van der Waals surface area contributed by atoms with E-state index >= 15 is 0 Å². The van der Waals surface area contributed by atoms with Gasteiger partial charge < -0.3 is 5.73 Å². The molecule has 6 heteroatoms. The Kier molecular flexibility index (Phi) is 3.71. The Morgan fingerprint density at radius 2 is 2.06 bits per heavy atom. The van der Waals surface area contributed by atoms with Gasteiger partial charge in [-0.15, -0.1) is 0 Å². The van der Waals surface area contributed by atoms with Gasteiger partial charge in [0.2, 0.25) is 10.0 Å². The van der Waals surface area contributed by atoms with Crippen LogP contribution in [0.25, 0.3) is 0 Å². The van der Waals surface area contributed by atoms with Crippen LogP contribution in [0.4, 0.5) is 5.69 Å². The molecular formula is C12H17BrN2O2S. The number of nitrogens with zero attached hydrogens (tertiary/aromatic N) is 1. The van der Waals surface area contributed by atoms with Crippen molar-refractivity contribution >= 4 is 31.6 Å². The Morgan fingerprint density at radius 3 is 2.61 bits per heavy atom. The van der Waals surface area contributed by atoms with Crippen molar-refractivity contribution in [3.63, 3.8) is 0 Å². The number of hydrogen-bond acceptors (Lipinski definition) is 3. The number of benzene rings is 1. The zero-order valence-corrected chi connectivity index (χ0v) is 12.9. The van der Waals surface area contributed by atoms with Crippen LogP contribution in [-0.2, 0) is 10.0 Å². The van der Waals surface area contributed by atoms with Crippen LogP contribution < -0.4 is 5.73 Å². The van der Waals surface area contributed by atoms with Crippen molar-refractivity contribution < 1.29 is 8.42 Å². The van der Waals surface area contributed by atoms with Crippen LogP contribution in [0.1, 0.15) is 18.4 Å². The lowest BCUT2D eigenvalue weighted by atomic mass is 10.2. The maximum atomic E-state index is 12.4. The first kappa shape index (κ1) is 13.8. The Morgan fingerprint density at radius 1 is 1.44 bits per heavy atom. The van der Waals surface area contributed by atoms with Crippen LogP contribution in [0.2, 0.25) is 0 Å². The molecule has 0 atom stereocenters. The highest BCUT2D eigenvalue weighted by molar-refractivity contribution is 9.10. The molecule has 1 aliphatic carbocycles. The normalized spacial score (nSPS) is 16.2. The van der Waals surface area contributed by atoms with Gasteiger partial charge in [-0.1, -0.05) is 0 Å². The van der Waals surface area contributed by atoms with Gasteiger partial charge in [0.05, 0.1) is 4.90 Å². The van der Waals surface area contributed by atoms with Gasteiger partial charge in [-0.25, -0.2) is 12.7 Å². The highest BCUT2D eigenvalue weighted by atomic mass is 79.9. The lowest BCUT2D eigenvalue weighted by Crippen LogP contribution is -2.29. The van der Waals surface area contributed by atoms with Gasteiger partial charge in [-0.2, -0.15) is 0 Å². The molecule has 2 N–H and O–H groups in total. The monoisotopic (exact) mass is 332 g/mol. The van der Waals surface area contributed by atoms with Crippen molar-refractivity contribution in [2.45, 2.75) is 24.7 Å². The molecule has 18 heavy (non-hydrogen) atoms. The van der Waals surface area contributed by atoms with E-state index in [-0.39, 0.29) is 0 Å². The molecule has 0 unspecified atom stereocenters. The molecule has 0 bridgehead atoms. The molecule has 0 spiro atoms. The summed E-state index contributed by atoms with van der Waals surface area (Å²) in [5, 5.41) is 0. The lowest BCUT2D eigenvalue weighted by Gasteiger charge is -2.19. The molecule has 1 fully saturated rings. The van der Waals surface area contributed by atoms with E-state index in [9.17, 15) is 8.42 Å². The molecule has 1 saturated carbocycles. The third kappa shape index (κ3) is 2.70. The summed E-state index contributed by atoms with van der Waals surface area (Å²) in [7, 11) is -1.80. The molecule has 1 aromatic carbocycles. The molecule has 0 amide bonds. The smallest absolute Gasteiger partial charge is 0.243 e. The number of sulfonamides is 1. The number of anilines is 1. The maximum absolute atomic E-state index is 12.4. The molecule has 0 heterocycles. The summed E-state index contributed by atoms with van der Waals surface area (Å²) in [4.78, 5) is 0.298. The summed E-state index contributed by atoms with van der Waals surface area (Å²) in [6.45, 7) is 2.37. The number of rotatable bonds is 4. The van der Waals surface area contributed by atoms with Gasteiger partial charge in [-0.3, -0.25) is 0 Å². The Labute approximate surface area is 116 Å². The summed E-state index contributed by atoms with van der Waals surface area (Å²) in [6.07, 6.45) is 2.25. The van der Waals surface area contributed by atoms with Crippen molar-refractivity contribution in [2.75, 3.05) is 19.3 Å². The van der Waals surface area contributed by atoms with E-state index in [1.54, 1.807) is 20.0 Å². The Balaban J connectivity index is 2.36. The summed E-state index contributed by atoms with van der Waals surface area (Å²) in [5.74, 6) is 0.526. The van der Waals surface area contributed by atoms with E-state index in [1.165, 1.54) is 10.4 Å². The van der Waals surface area contributed by atoms with E-state index < -0.39 is 10.0 Å². The minimum Gasteiger partial charge on any atom is -0.398 e. The number of nitrogen functional groups attached to an aromatic ring is 1. The first-order chi connectivity index (χ1) is 8.32. The number of hydrogen-bond donors (Lipinski definition) is 1. The lowest BCUT2D eigenvalue weighted by molar-refractivity contribution is 0.452. The van der Waals surface area contributed by atoms with Gasteiger partial charge in [0.15, 0.2) is 0 Å². The zero-order valence-electron chi connectivity index (χ0n) is 10.5. The van der Waals surface area contributed by atoms with E-state index in [4.69, 9.17) is 5.73 Å². The minimum atomic E-state index is -3.43. The van der Waals surface area contributed by atoms with Crippen LogP contribution in [-0.4, -0.2) is 26.3 Å². The largest absolute Gasteiger partial charge is 0.398 e. The SMILES string of the molecule is Cc1cc(Br)c(N)cc1S(=O)(=O)N(C)CC1CC1. The van der Waals surface area contributed by atoms with Crippen molar-refractivity contribution in [3.05, 3.63) is 22.2 Å². The van der Waals surface area contributed by atoms with Crippen molar-refractivity contribution in [2.24, 2.45) is 5.92 Å². The van der Waals surface area contributed by atoms with E-state index in [0.29, 0.717) is 28.6 Å². The molecule has 0 aliphatic heterocycles. The molecule has 0 saturated heterocycles. The third-order valence-electron chi connectivity index (χ3n) is 3.19. The molecule has 4 nitrogen and oxygen atoms in total. The van der Waals surface area contributed by atoms with Crippen LogP contribution >= 0.6 is 15.9 Å². The fourth-order valence-corrected chi connectivity index (χ4v) is 3.82. The predicted molar refractivity (Wildman–Crippen MR) is 75.8 cm³/mol. The standard InChI is InChI=1S/C12H17BrN2O2S/c1-8-5-10(13)11(14)6-12(8)18(16,17)15(2)7-9-3-4-9/h5-6,9H,3-4,7,14H2,1-2H3. The fourth-order valence-electron chi connectivity index (χ4n) is 1.88. The van der Waals surface area contributed by atoms with Gasteiger partial charge >= 0.3 is 0 Å². The average molecular weight is 333 g/mol. The molecular weight excluding hydrogens is 316 g/mol. The fraction of sp³-hybridized carbons (Fsp3) is 0.500. The topological polar surface area (TPSA) is 63.4 Å². The Bertz CT molecular complexity index is 568. The average Bonchev–Trinajstić information content (AvgIpc) is 3.07. The molecule has 2 rings (SSSR count). The predicted octanol–water partition coefficient (Wildman–Crippen LogP) is 2.37. The van der Waals surface area contributed by atoms with E-state index in [0.717, 1.165) is 17.3 Å². The van der Waals surface area contributed by atoms with Crippen molar-refractivity contribution in [1.29, 1.82) is 0 Å². The summed E-state index contributed by atoms with van der Waals surface area (Å²) in [5.41, 5.74) is 6.92. The van der Waals surface area contributed by atoms with Gasteiger partial charge in [0.1, 0.15) is 0 Å². The second-order valence-electron chi connectivity index (χ2n) is 4.87. The maximum Gasteiger partial charge on any atom is 0.243 e. The van der Waals surface area contributed by atoms with E-state index in [1.807, 2.05) is 0 Å². The van der Waals surface area contributed by atoms with Crippen LogP contribution in [0, 0.1) is 12.8 Å². The highest BCUT2D eigenvalue weighted by Crippen LogP contribution is 2.32. The van der Waals surface area contributed by atoms with Crippen molar-refractivity contribution in [1.82, 2.24) is 4.31 Å². The van der Waals surface area contributed by atoms with E-state index in [2.05, 4.69) is 15.9 Å². The van der Waals surface area contributed by atoms with Crippen LogP contribution in [0.3, 0.4) is 0 Å². The minimum absolute atomic E-state index is 0.298. The second kappa shape index (κ2) is 4.83. The first-order valence-electron chi connectivity index (χ1n) is 5.84. The number of halogens is 1. The zero-order chi connectivity index (χ0) is 13.5. The third-order valence-corrected chi connectivity index (χ3v) is 5.85. The van der Waals surface area contributed by atoms with Crippen LogP contribution in [0.5, 0.6) is 0 Å². The summed E-state index contributed by atoms with van der Waals surface area (Å²) >= 11 is 3.30. The summed E-state index contributed by atoms with van der Waals surface area (Å²) < 4.78 is 27.0. The van der Waals surface area contributed by atoms with Crippen LogP contribution in [0.15, 0.2) is 21.5 Å². The summed E-state index contributed by atoms with van der Waals surface area (Å²) in [6, 6.07) is 3.27. The molecule has 1 aliphatic rings. The first-order valence-corrected chi connectivity index (χ1v) is 8.07. The van der Waals surface area contributed by atoms with Gasteiger partial charge in [0, 0.05) is 23.8 Å². The van der Waals surface area contributed by atoms with Gasteiger partial charge in [0.25, 0.3) is 0 Å².